The molecule has 1 atom stereocenters. The molecular weight excluding hydrogens is 699 g/mol. The normalized spacial score (nSPS) is 14.7. The Morgan fingerprint density at radius 3 is 1.62 bits per heavy atom. The Balaban J connectivity index is 1.22. The van der Waals surface area contributed by atoms with Crippen molar-refractivity contribution in [2.24, 2.45) is 0 Å². The van der Waals surface area contributed by atoms with Crippen molar-refractivity contribution in [3.8, 4) is 67.5 Å². The first-order valence-electron chi connectivity index (χ1n) is 21.5. The minimum Gasteiger partial charge on any atom is -0.208 e. The van der Waals surface area contributed by atoms with Crippen molar-refractivity contribution < 1.29 is 8.22 Å². The molecule has 10 aromatic rings. The van der Waals surface area contributed by atoms with E-state index < -0.39 is 0 Å². The highest BCUT2D eigenvalue weighted by atomic mass is 32.1. The molecule has 0 amide bonds. The van der Waals surface area contributed by atoms with Crippen LogP contribution >= 0.6 is 11.3 Å². The Kier molecular flexibility index (Phi) is 6.38. The van der Waals surface area contributed by atoms with Crippen LogP contribution in [0.3, 0.4) is 0 Å². The third kappa shape index (κ3) is 5.45. The van der Waals surface area contributed by atoms with Crippen LogP contribution in [0, 0.1) is 0 Å². The number of benzene rings is 8. The van der Waals surface area contributed by atoms with Gasteiger partial charge in [0.2, 0.25) is 0 Å². The van der Waals surface area contributed by atoms with Gasteiger partial charge < -0.3 is 0 Å². The van der Waals surface area contributed by atoms with E-state index in [1.165, 1.54) is 17.4 Å². The molecule has 3 nitrogen and oxygen atoms in total. The summed E-state index contributed by atoms with van der Waals surface area (Å²) < 4.78 is 55.4. The number of hydrogen-bond acceptors (Lipinski definition) is 4. The molecule has 262 valence electrons. The molecule has 0 radical (unpaired) electrons. The van der Waals surface area contributed by atoms with Crippen LogP contribution in [0.4, 0.5) is 0 Å². The van der Waals surface area contributed by atoms with Gasteiger partial charge in [-0.3, -0.25) is 0 Å². The maximum absolute atomic E-state index is 9.65. The highest BCUT2D eigenvalue weighted by Crippen LogP contribution is 2.52. The number of thiophene rings is 1. The van der Waals surface area contributed by atoms with Crippen LogP contribution in [-0.4, -0.2) is 15.0 Å². The van der Waals surface area contributed by atoms with Crippen LogP contribution in [0.15, 0.2) is 194 Å². The summed E-state index contributed by atoms with van der Waals surface area (Å²) in [6, 6.07) is 51.5. The summed E-state index contributed by atoms with van der Waals surface area (Å²) in [6.07, 6.45) is 0. The van der Waals surface area contributed by atoms with E-state index in [0.717, 1.165) is 50.1 Å². The average molecular weight is 738 g/mol. The van der Waals surface area contributed by atoms with E-state index >= 15 is 0 Å². The largest absolute Gasteiger partial charge is 0.208 e. The first-order chi connectivity index (χ1) is 30.2. The summed E-state index contributed by atoms with van der Waals surface area (Å²) in [6.45, 7) is 0. The molecule has 2 heterocycles. The Hall–Kier alpha value is -7.01. The van der Waals surface area contributed by atoms with E-state index in [4.69, 9.17) is 19.1 Å². The summed E-state index contributed by atoms with van der Waals surface area (Å²) in [5.41, 5.74) is 10.9. The van der Waals surface area contributed by atoms with Crippen molar-refractivity contribution in [3.63, 3.8) is 0 Å². The predicted molar refractivity (Wildman–Crippen MR) is 233 cm³/mol. The lowest BCUT2D eigenvalue weighted by molar-refractivity contribution is 1.02. The van der Waals surface area contributed by atoms with Crippen molar-refractivity contribution in [2.45, 2.75) is 5.92 Å². The third-order valence-corrected chi connectivity index (χ3v) is 11.7. The highest BCUT2D eigenvalue weighted by molar-refractivity contribution is 7.26. The van der Waals surface area contributed by atoms with Gasteiger partial charge in [0.25, 0.3) is 0 Å². The fourth-order valence-electron chi connectivity index (χ4n) is 8.01. The summed E-state index contributed by atoms with van der Waals surface area (Å²) >= 11 is 1.24. The fraction of sp³-hybridized carbons (Fsp3) is 0.0192. The lowest BCUT2D eigenvalue weighted by atomic mass is 9.83. The molecule has 1 aliphatic carbocycles. The number of rotatable bonds is 6. The average Bonchev–Trinajstić information content (AvgIpc) is 3.88. The van der Waals surface area contributed by atoms with Crippen LogP contribution in [0.5, 0.6) is 0 Å². The van der Waals surface area contributed by atoms with Crippen molar-refractivity contribution in [1.29, 1.82) is 0 Å². The van der Waals surface area contributed by atoms with E-state index in [-0.39, 0.29) is 42.2 Å². The van der Waals surface area contributed by atoms with Gasteiger partial charge >= 0.3 is 0 Å². The smallest absolute Gasteiger partial charge is 0.164 e. The monoisotopic (exact) mass is 737 g/mol. The Labute approximate surface area is 337 Å². The summed E-state index contributed by atoms with van der Waals surface area (Å²) in [7, 11) is 0. The van der Waals surface area contributed by atoms with Gasteiger partial charge in [-0.25, -0.2) is 15.0 Å². The maximum atomic E-state index is 9.65. The predicted octanol–water partition coefficient (Wildman–Crippen LogP) is 13.7. The van der Waals surface area contributed by atoms with E-state index in [0.29, 0.717) is 54.3 Å². The van der Waals surface area contributed by atoms with E-state index in [9.17, 15) is 4.11 Å². The van der Waals surface area contributed by atoms with Gasteiger partial charge in [-0.2, -0.15) is 0 Å². The maximum Gasteiger partial charge on any atom is 0.164 e. The lowest BCUT2D eigenvalue weighted by Crippen LogP contribution is -2.04. The molecule has 4 heteroatoms. The third-order valence-electron chi connectivity index (χ3n) is 10.6. The molecule has 0 aliphatic heterocycles. The van der Waals surface area contributed by atoms with E-state index in [1.807, 2.05) is 97.1 Å². The van der Waals surface area contributed by atoms with E-state index in [1.54, 1.807) is 0 Å². The second-order valence-electron chi connectivity index (χ2n) is 13.8. The molecule has 0 N–H and O–H groups in total. The lowest BCUT2D eigenvalue weighted by Gasteiger charge is -2.21. The van der Waals surface area contributed by atoms with Crippen molar-refractivity contribution in [3.05, 3.63) is 211 Å². The van der Waals surface area contributed by atoms with Gasteiger partial charge in [-0.05, 0) is 68.2 Å². The van der Waals surface area contributed by atoms with Crippen molar-refractivity contribution in [2.75, 3.05) is 0 Å². The zero-order chi connectivity index (χ0) is 42.2. The van der Waals surface area contributed by atoms with Crippen molar-refractivity contribution >= 4 is 31.5 Å². The minimum atomic E-state index is -0.289. The van der Waals surface area contributed by atoms with Gasteiger partial charge in [0.1, 0.15) is 0 Å². The van der Waals surface area contributed by atoms with Crippen LogP contribution in [0.1, 0.15) is 30.8 Å². The number of fused-ring (bicyclic) bond motifs is 6. The summed E-state index contributed by atoms with van der Waals surface area (Å²) in [5.74, 6) is 1.16. The summed E-state index contributed by atoms with van der Waals surface area (Å²) in [4.78, 5) is 15.0. The Bertz CT molecular complexity index is 3370. The molecule has 8 aromatic carbocycles. The van der Waals surface area contributed by atoms with E-state index in [2.05, 4.69) is 54.6 Å². The van der Waals surface area contributed by atoms with Crippen LogP contribution < -0.4 is 0 Å². The fourth-order valence-corrected chi connectivity index (χ4v) is 9.10. The first kappa shape index (κ1) is 26.7. The molecular formula is C52H33N3S. The molecule has 56 heavy (non-hydrogen) atoms. The molecule has 1 aliphatic rings. The molecule has 2 aromatic heterocycles. The zero-order valence-electron chi connectivity index (χ0n) is 35.8. The molecule has 0 saturated carbocycles. The molecule has 0 saturated heterocycles. The molecule has 11 rings (SSSR count). The first-order valence-corrected chi connectivity index (χ1v) is 19.3. The number of hydrogen-bond donors (Lipinski definition) is 0. The van der Waals surface area contributed by atoms with Gasteiger partial charge in [0.15, 0.2) is 17.5 Å². The number of nitrogens with zero attached hydrogens (tertiary/aromatic N) is 3. The quantitative estimate of drug-likeness (QED) is 0.171. The Morgan fingerprint density at radius 1 is 0.393 bits per heavy atom. The van der Waals surface area contributed by atoms with Crippen LogP contribution in [0.25, 0.3) is 87.7 Å². The van der Waals surface area contributed by atoms with Crippen LogP contribution in [-0.2, 0) is 0 Å². The second kappa shape index (κ2) is 13.4. The van der Waals surface area contributed by atoms with Gasteiger partial charge in [-0.15, -0.1) is 11.3 Å². The van der Waals surface area contributed by atoms with Gasteiger partial charge in [0, 0.05) is 42.8 Å². The van der Waals surface area contributed by atoms with Crippen LogP contribution in [0.2, 0.25) is 0 Å². The highest BCUT2D eigenvalue weighted by Gasteiger charge is 2.32. The standard InChI is InChI=1S/C52H33N3S/c1-4-15-33(16-5-1)36-27-29-41-45(31-36)38-21-10-11-23-40(38)48(41)42-30-28-37(32-46(42)44-25-14-24-43-39-22-12-13-26-47(39)56-49(43)44)52-54-50(34-17-6-2-7-18-34)53-51(55-52)35-19-8-3-9-20-35/h1-32,48H/i12D,14D,22D,24D,25D,26D. The Morgan fingerprint density at radius 2 is 0.929 bits per heavy atom. The number of aromatic nitrogens is 3. The molecule has 0 bridgehead atoms. The molecule has 1 unspecified atom stereocenters. The second-order valence-corrected chi connectivity index (χ2v) is 14.9. The zero-order valence-corrected chi connectivity index (χ0v) is 30.7. The molecule has 0 spiro atoms. The molecule has 0 fully saturated rings. The topological polar surface area (TPSA) is 38.7 Å². The minimum absolute atomic E-state index is 0.0690. The summed E-state index contributed by atoms with van der Waals surface area (Å²) in [5, 5.41) is 0.602. The van der Waals surface area contributed by atoms with Gasteiger partial charge in [-0.1, -0.05) is 176 Å². The van der Waals surface area contributed by atoms with Gasteiger partial charge in [0.05, 0.1) is 8.22 Å². The SMILES string of the molecule is [2H]c1cc([2H])c2sc3c(-c4cc(-c5nc(-c6ccccc6)nc(-c6ccccc6)n5)ccc4C4c5ccccc5-c5cc(-c6ccccc6)ccc54)c([2H])c([2H])c([2H])c3c2c1[2H]. The van der Waals surface area contributed by atoms with Crippen molar-refractivity contribution in [1.82, 2.24) is 15.0 Å².